The molecule has 1 atom stereocenters. The Morgan fingerprint density at radius 2 is 1.79 bits per heavy atom. The van der Waals surface area contributed by atoms with Crippen LogP contribution in [-0.4, -0.2) is 53.6 Å². The lowest BCUT2D eigenvalue weighted by atomic mass is 9.95. The van der Waals surface area contributed by atoms with Crippen LogP contribution in [-0.2, 0) is 9.53 Å². The molecule has 1 spiro atoms. The van der Waals surface area contributed by atoms with Crippen molar-refractivity contribution in [2.24, 2.45) is 0 Å². The fourth-order valence-electron chi connectivity index (χ4n) is 4.70. The van der Waals surface area contributed by atoms with E-state index in [1.54, 1.807) is 49.1 Å². The molecule has 0 aromatic heterocycles. The number of nitrogens with zero attached hydrogens (tertiary/aromatic N) is 2. The maximum atomic E-state index is 13.3. The van der Waals surface area contributed by atoms with E-state index in [1.165, 1.54) is 17.0 Å². The third-order valence-electron chi connectivity index (χ3n) is 6.68. The molecule has 9 heteroatoms. The van der Waals surface area contributed by atoms with E-state index < -0.39 is 17.3 Å². The molecule has 2 aromatic rings. The maximum Gasteiger partial charge on any atom is 0.415 e. The summed E-state index contributed by atoms with van der Waals surface area (Å²) in [5.74, 6) is -0.268. The molecule has 0 radical (unpaired) electrons. The minimum Gasteiger partial charge on any atom is -0.476 e. The predicted octanol–water partition coefficient (Wildman–Crippen LogP) is 3.96. The molecule has 8 nitrogen and oxygen atoms in total. The van der Waals surface area contributed by atoms with E-state index in [2.05, 4.69) is 5.32 Å². The van der Waals surface area contributed by atoms with Gasteiger partial charge >= 0.3 is 6.09 Å². The zero-order valence-electron chi connectivity index (χ0n) is 19.1. The Morgan fingerprint density at radius 3 is 2.56 bits per heavy atom. The summed E-state index contributed by atoms with van der Waals surface area (Å²) in [5, 5.41) is 2.81. The molecule has 1 unspecified atom stereocenters. The number of nitrogens with one attached hydrogen (secondary N) is 1. The Labute approximate surface area is 196 Å². The summed E-state index contributed by atoms with van der Waals surface area (Å²) in [6.45, 7) is 4.68. The molecular weight excluding hydrogens is 441 g/mol. The lowest BCUT2D eigenvalue weighted by Crippen LogP contribution is -2.45. The van der Waals surface area contributed by atoms with Crippen LogP contribution in [0.25, 0.3) is 0 Å². The average Bonchev–Trinajstić information content (AvgIpc) is 2.98. The smallest absolute Gasteiger partial charge is 0.415 e. The van der Waals surface area contributed by atoms with Crippen LogP contribution in [0.15, 0.2) is 42.5 Å². The van der Waals surface area contributed by atoms with Crippen molar-refractivity contribution in [1.82, 2.24) is 4.90 Å². The van der Waals surface area contributed by atoms with Gasteiger partial charge in [-0.05, 0) is 69.2 Å². The minimum absolute atomic E-state index is 0.154. The van der Waals surface area contributed by atoms with Crippen LogP contribution < -0.4 is 15.0 Å². The second-order valence-electron chi connectivity index (χ2n) is 9.54. The number of ether oxygens (including phenoxy) is 2. The Hall–Kier alpha value is -3.62. The van der Waals surface area contributed by atoms with Crippen LogP contribution in [0, 0.1) is 5.82 Å². The molecule has 2 saturated heterocycles. The summed E-state index contributed by atoms with van der Waals surface area (Å²) >= 11 is 0. The number of rotatable bonds is 2. The van der Waals surface area contributed by atoms with Gasteiger partial charge < -0.3 is 19.7 Å². The molecule has 3 aliphatic rings. The van der Waals surface area contributed by atoms with E-state index in [4.69, 9.17) is 9.47 Å². The Morgan fingerprint density at radius 1 is 1.03 bits per heavy atom. The summed E-state index contributed by atoms with van der Waals surface area (Å²) in [5.41, 5.74) is -0.153. The molecule has 5 rings (SSSR count). The zero-order chi connectivity index (χ0) is 24.1. The maximum absolute atomic E-state index is 13.3. The van der Waals surface area contributed by atoms with Crippen LogP contribution in [0.2, 0.25) is 0 Å². The van der Waals surface area contributed by atoms with Gasteiger partial charge in [-0.2, -0.15) is 0 Å². The predicted molar refractivity (Wildman–Crippen MR) is 122 cm³/mol. The van der Waals surface area contributed by atoms with Crippen LogP contribution in [0.4, 0.5) is 20.6 Å². The largest absolute Gasteiger partial charge is 0.476 e. The highest BCUT2D eigenvalue weighted by Gasteiger charge is 2.46. The molecule has 3 amide bonds. The molecule has 0 bridgehead atoms. The quantitative estimate of drug-likeness (QED) is 0.723. The molecule has 2 aromatic carbocycles. The standard InChI is InChI=1S/C25H26FN3O5/c1-24(2)22(31)27-19-14-16(4-9-20(19)33-24)21(30)28-12-3-10-25(11-13-28)15-29(23(32)34-25)18-7-5-17(26)6-8-18/h4-9,14H,3,10-13,15H2,1-2H3,(H,27,31). The first kappa shape index (κ1) is 22.2. The van der Waals surface area contributed by atoms with Crippen molar-refractivity contribution >= 4 is 29.3 Å². The van der Waals surface area contributed by atoms with E-state index in [1.807, 2.05) is 0 Å². The van der Waals surface area contributed by atoms with Gasteiger partial charge in [0.1, 0.15) is 17.2 Å². The monoisotopic (exact) mass is 467 g/mol. The Kier molecular flexibility index (Phi) is 5.22. The van der Waals surface area contributed by atoms with Crippen LogP contribution >= 0.6 is 0 Å². The second kappa shape index (κ2) is 8.00. The van der Waals surface area contributed by atoms with Gasteiger partial charge in [0.2, 0.25) is 0 Å². The summed E-state index contributed by atoms with van der Waals surface area (Å²) in [6.07, 6.45) is 1.35. The topological polar surface area (TPSA) is 88.2 Å². The van der Waals surface area contributed by atoms with Crippen molar-refractivity contribution in [3.8, 4) is 5.75 Å². The summed E-state index contributed by atoms with van der Waals surface area (Å²) in [7, 11) is 0. The number of hydrogen-bond donors (Lipinski definition) is 1. The number of halogens is 1. The van der Waals surface area contributed by atoms with Gasteiger partial charge in [0, 0.05) is 30.8 Å². The summed E-state index contributed by atoms with van der Waals surface area (Å²) < 4.78 is 24.8. The van der Waals surface area contributed by atoms with Crippen LogP contribution in [0.3, 0.4) is 0 Å². The highest BCUT2D eigenvalue weighted by molar-refractivity contribution is 6.02. The van der Waals surface area contributed by atoms with E-state index >= 15 is 0 Å². The third-order valence-corrected chi connectivity index (χ3v) is 6.68. The number of carbonyl (C=O) groups is 3. The number of carbonyl (C=O) groups excluding carboxylic acids is 3. The number of benzene rings is 2. The van der Waals surface area contributed by atoms with Gasteiger partial charge in [-0.15, -0.1) is 0 Å². The molecule has 0 saturated carbocycles. The SMILES string of the molecule is CC1(C)Oc2ccc(C(=O)N3CCCC4(CC3)CN(c3ccc(F)cc3)C(=O)O4)cc2NC1=O. The lowest BCUT2D eigenvalue weighted by Gasteiger charge is -2.32. The fraction of sp³-hybridized carbons (Fsp3) is 0.400. The van der Waals surface area contributed by atoms with Crippen LogP contribution in [0.1, 0.15) is 43.5 Å². The van der Waals surface area contributed by atoms with Gasteiger partial charge in [-0.1, -0.05) is 0 Å². The first-order chi connectivity index (χ1) is 16.2. The lowest BCUT2D eigenvalue weighted by molar-refractivity contribution is -0.129. The third kappa shape index (κ3) is 3.95. The average molecular weight is 467 g/mol. The first-order valence-corrected chi connectivity index (χ1v) is 11.4. The number of amides is 3. The van der Waals surface area contributed by atoms with Gasteiger partial charge in [0.05, 0.1) is 12.2 Å². The normalized spacial score (nSPS) is 23.6. The van der Waals surface area contributed by atoms with E-state index in [9.17, 15) is 18.8 Å². The van der Waals surface area contributed by atoms with Crippen LogP contribution in [0.5, 0.6) is 5.75 Å². The van der Waals surface area contributed by atoms with Crippen molar-refractivity contribution in [2.75, 3.05) is 29.9 Å². The molecule has 178 valence electrons. The Bertz CT molecular complexity index is 1170. The van der Waals surface area contributed by atoms with Crippen molar-refractivity contribution in [3.05, 3.63) is 53.8 Å². The van der Waals surface area contributed by atoms with Crippen molar-refractivity contribution < 1.29 is 28.2 Å². The Balaban J connectivity index is 1.29. The molecule has 1 N–H and O–H groups in total. The van der Waals surface area contributed by atoms with E-state index in [-0.39, 0.29) is 17.6 Å². The highest BCUT2D eigenvalue weighted by Crippen LogP contribution is 2.37. The van der Waals surface area contributed by atoms with Gasteiger partial charge in [-0.25, -0.2) is 9.18 Å². The van der Waals surface area contributed by atoms with Gasteiger partial charge in [-0.3, -0.25) is 14.5 Å². The highest BCUT2D eigenvalue weighted by atomic mass is 19.1. The summed E-state index contributed by atoms with van der Waals surface area (Å²) in [4.78, 5) is 41.3. The number of anilines is 2. The summed E-state index contributed by atoms with van der Waals surface area (Å²) in [6, 6.07) is 10.8. The zero-order valence-corrected chi connectivity index (χ0v) is 19.1. The molecular formula is C25H26FN3O5. The number of fused-ring (bicyclic) bond motifs is 1. The fourth-order valence-corrected chi connectivity index (χ4v) is 4.70. The van der Waals surface area contributed by atoms with Crippen molar-refractivity contribution in [3.63, 3.8) is 0 Å². The van der Waals surface area contributed by atoms with Gasteiger partial charge in [0.25, 0.3) is 11.8 Å². The molecule has 3 heterocycles. The van der Waals surface area contributed by atoms with E-state index in [0.717, 1.165) is 0 Å². The second-order valence-corrected chi connectivity index (χ2v) is 9.54. The molecule has 34 heavy (non-hydrogen) atoms. The minimum atomic E-state index is -0.974. The number of hydrogen-bond acceptors (Lipinski definition) is 5. The van der Waals surface area contributed by atoms with Crippen molar-refractivity contribution in [1.29, 1.82) is 0 Å². The van der Waals surface area contributed by atoms with E-state index in [0.29, 0.717) is 61.6 Å². The first-order valence-electron chi connectivity index (χ1n) is 11.4. The molecule has 2 fully saturated rings. The van der Waals surface area contributed by atoms with Gasteiger partial charge in [0.15, 0.2) is 5.60 Å². The number of likely N-dealkylation sites (tertiary alicyclic amines) is 1. The molecule has 0 aliphatic carbocycles. The van der Waals surface area contributed by atoms with Crippen molar-refractivity contribution in [2.45, 2.75) is 44.3 Å². The molecule has 3 aliphatic heterocycles.